The predicted molar refractivity (Wildman–Crippen MR) is 91.1 cm³/mol. The van der Waals surface area contributed by atoms with Crippen LogP contribution in [0.4, 0.5) is 5.69 Å². The van der Waals surface area contributed by atoms with Gasteiger partial charge in [-0.3, -0.25) is 14.5 Å². The number of ketones is 1. The largest absolute Gasteiger partial charge is 0.451 e. The van der Waals surface area contributed by atoms with Crippen LogP contribution in [0.25, 0.3) is 11.0 Å². The Bertz CT molecular complexity index is 767. The van der Waals surface area contributed by atoms with Crippen molar-refractivity contribution >= 4 is 28.3 Å². The van der Waals surface area contributed by atoms with Crippen molar-refractivity contribution < 1.29 is 19.1 Å². The van der Waals surface area contributed by atoms with Crippen LogP contribution in [-0.2, 0) is 4.79 Å². The first kappa shape index (κ1) is 16.7. The summed E-state index contributed by atoms with van der Waals surface area (Å²) in [6.45, 7) is 4.89. The smallest absolute Gasteiger partial charge is 0.241 e. The highest BCUT2D eigenvalue weighted by Gasteiger charge is 2.30. The number of carbonyl (C=O) groups is 2. The van der Waals surface area contributed by atoms with Crippen molar-refractivity contribution in [3.8, 4) is 0 Å². The zero-order valence-corrected chi connectivity index (χ0v) is 13.9. The number of benzene rings is 1. The van der Waals surface area contributed by atoms with E-state index in [1.54, 1.807) is 6.07 Å². The number of aliphatic hydroxyl groups excluding tert-OH is 1. The standard InChI is InChI=1S/C18H22N2O4/c1-11(20-8-7-13(9-20)10-21)18(23)19-16-14-5-3-4-6-15(14)24-17(16)12(2)22/h3-6,11,13,21H,7-10H2,1-2H3,(H,19,23). The number of likely N-dealkylation sites (tertiary alicyclic amines) is 1. The maximum atomic E-state index is 12.6. The van der Waals surface area contributed by atoms with Crippen molar-refractivity contribution in [3.05, 3.63) is 30.0 Å². The fourth-order valence-electron chi connectivity index (χ4n) is 3.17. The van der Waals surface area contributed by atoms with Gasteiger partial charge in [-0.1, -0.05) is 12.1 Å². The van der Waals surface area contributed by atoms with Gasteiger partial charge in [-0.05, 0) is 37.9 Å². The number of hydrogen-bond donors (Lipinski definition) is 2. The molecule has 1 aliphatic rings. The van der Waals surface area contributed by atoms with Gasteiger partial charge in [0.05, 0.1) is 11.7 Å². The van der Waals surface area contributed by atoms with Crippen molar-refractivity contribution in [1.82, 2.24) is 4.90 Å². The van der Waals surface area contributed by atoms with E-state index in [1.807, 2.05) is 30.0 Å². The van der Waals surface area contributed by atoms with Crippen molar-refractivity contribution in [1.29, 1.82) is 0 Å². The first-order chi connectivity index (χ1) is 11.5. The number of nitrogens with zero attached hydrogens (tertiary/aromatic N) is 1. The number of fused-ring (bicyclic) bond motifs is 1. The normalized spacial score (nSPS) is 19.5. The molecular weight excluding hydrogens is 308 g/mol. The van der Waals surface area contributed by atoms with Crippen LogP contribution in [-0.4, -0.2) is 47.4 Å². The zero-order valence-electron chi connectivity index (χ0n) is 13.9. The molecule has 0 spiro atoms. The van der Waals surface area contributed by atoms with E-state index in [4.69, 9.17) is 4.42 Å². The number of hydrogen-bond acceptors (Lipinski definition) is 5. The third-order valence-electron chi connectivity index (χ3n) is 4.67. The Morgan fingerprint density at radius 1 is 1.42 bits per heavy atom. The maximum Gasteiger partial charge on any atom is 0.241 e. The Hall–Kier alpha value is -2.18. The van der Waals surface area contributed by atoms with Gasteiger partial charge in [0.25, 0.3) is 0 Å². The maximum absolute atomic E-state index is 12.6. The summed E-state index contributed by atoms with van der Waals surface area (Å²) < 4.78 is 5.59. The minimum Gasteiger partial charge on any atom is -0.451 e. The minimum atomic E-state index is -0.338. The highest BCUT2D eigenvalue weighted by atomic mass is 16.3. The van der Waals surface area contributed by atoms with Gasteiger partial charge in [-0.25, -0.2) is 0 Å². The molecule has 6 nitrogen and oxygen atoms in total. The van der Waals surface area contributed by atoms with Gasteiger partial charge in [0.2, 0.25) is 5.91 Å². The Kier molecular flexibility index (Phi) is 4.69. The summed E-state index contributed by atoms with van der Waals surface area (Å²) in [6.07, 6.45) is 0.890. The fraction of sp³-hybridized carbons (Fsp3) is 0.444. The Balaban J connectivity index is 1.82. The second-order valence-corrected chi connectivity index (χ2v) is 6.36. The zero-order chi connectivity index (χ0) is 17.3. The minimum absolute atomic E-state index is 0.145. The molecule has 1 fully saturated rings. The molecule has 24 heavy (non-hydrogen) atoms. The van der Waals surface area contributed by atoms with Crippen LogP contribution < -0.4 is 5.32 Å². The van der Waals surface area contributed by atoms with Gasteiger partial charge in [-0.2, -0.15) is 0 Å². The van der Waals surface area contributed by atoms with Crippen LogP contribution in [0.3, 0.4) is 0 Å². The quantitative estimate of drug-likeness (QED) is 0.822. The second-order valence-electron chi connectivity index (χ2n) is 6.36. The number of rotatable bonds is 5. The van der Waals surface area contributed by atoms with Crippen LogP contribution in [0.15, 0.2) is 28.7 Å². The lowest BCUT2D eigenvalue weighted by Gasteiger charge is -2.23. The lowest BCUT2D eigenvalue weighted by molar-refractivity contribution is -0.120. The van der Waals surface area contributed by atoms with Crippen LogP contribution in [0.1, 0.15) is 30.8 Å². The number of anilines is 1. The Morgan fingerprint density at radius 2 is 2.17 bits per heavy atom. The number of nitrogens with one attached hydrogen (secondary N) is 1. The Labute approximate surface area is 140 Å². The van der Waals surface area contributed by atoms with Gasteiger partial charge in [0, 0.05) is 25.5 Å². The predicted octanol–water partition coefficient (Wildman–Crippen LogP) is 2.28. The third-order valence-corrected chi connectivity index (χ3v) is 4.67. The van der Waals surface area contributed by atoms with E-state index in [0.717, 1.165) is 18.4 Å². The SMILES string of the molecule is CC(=O)c1oc2ccccc2c1NC(=O)C(C)N1CCC(CO)C1. The molecule has 0 bridgehead atoms. The molecule has 2 heterocycles. The molecule has 1 aromatic heterocycles. The van der Waals surface area contributed by atoms with Crippen LogP contribution in [0.5, 0.6) is 0 Å². The molecular formula is C18H22N2O4. The molecule has 1 saturated heterocycles. The van der Waals surface area contributed by atoms with E-state index in [1.165, 1.54) is 6.92 Å². The molecule has 2 aromatic rings. The summed E-state index contributed by atoms with van der Waals surface area (Å²) in [5.74, 6) is -0.00694. The number of furan rings is 1. The summed E-state index contributed by atoms with van der Waals surface area (Å²) in [4.78, 5) is 26.5. The highest BCUT2D eigenvalue weighted by molar-refractivity contribution is 6.11. The molecule has 2 unspecified atom stereocenters. The van der Waals surface area contributed by atoms with E-state index < -0.39 is 0 Å². The third kappa shape index (κ3) is 3.07. The number of amides is 1. The molecule has 3 rings (SSSR count). The number of aliphatic hydroxyl groups is 1. The molecule has 1 aromatic carbocycles. The average molecular weight is 330 g/mol. The van der Waals surface area contributed by atoms with Gasteiger partial charge in [0.1, 0.15) is 5.58 Å². The lowest BCUT2D eigenvalue weighted by atomic mass is 10.1. The molecule has 1 amide bonds. The van der Waals surface area contributed by atoms with E-state index in [-0.39, 0.29) is 36.0 Å². The summed E-state index contributed by atoms with van der Waals surface area (Å²) >= 11 is 0. The van der Waals surface area contributed by atoms with Crippen LogP contribution in [0.2, 0.25) is 0 Å². The summed E-state index contributed by atoms with van der Waals surface area (Å²) in [5.41, 5.74) is 1.01. The fourth-order valence-corrected chi connectivity index (χ4v) is 3.17. The number of Topliss-reactive ketones (excluding diaryl/α,β-unsaturated/α-hetero) is 1. The highest BCUT2D eigenvalue weighted by Crippen LogP contribution is 2.31. The van der Waals surface area contributed by atoms with Gasteiger partial charge >= 0.3 is 0 Å². The van der Waals surface area contributed by atoms with Crippen molar-refractivity contribution in [3.63, 3.8) is 0 Å². The summed E-state index contributed by atoms with van der Waals surface area (Å²) in [7, 11) is 0. The van der Waals surface area contributed by atoms with Crippen molar-refractivity contribution in [2.24, 2.45) is 5.92 Å². The summed E-state index contributed by atoms with van der Waals surface area (Å²) in [5, 5.41) is 12.8. The van der Waals surface area contributed by atoms with Gasteiger partial charge in [-0.15, -0.1) is 0 Å². The van der Waals surface area contributed by atoms with Gasteiger partial charge in [0.15, 0.2) is 11.5 Å². The molecule has 128 valence electrons. The van der Waals surface area contributed by atoms with Gasteiger partial charge < -0.3 is 14.8 Å². The van der Waals surface area contributed by atoms with E-state index >= 15 is 0 Å². The number of para-hydroxylation sites is 1. The van der Waals surface area contributed by atoms with E-state index in [9.17, 15) is 14.7 Å². The topological polar surface area (TPSA) is 82.8 Å². The monoisotopic (exact) mass is 330 g/mol. The van der Waals surface area contributed by atoms with Crippen molar-refractivity contribution in [2.75, 3.05) is 25.0 Å². The molecule has 0 saturated carbocycles. The molecule has 6 heteroatoms. The second kappa shape index (κ2) is 6.75. The summed E-state index contributed by atoms with van der Waals surface area (Å²) in [6, 6.07) is 6.92. The molecule has 2 atom stereocenters. The Morgan fingerprint density at radius 3 is 2.83 bits per heavy atom. The van der Waals surface area contributed by atoms with Crippen molar-refractivity contribution in [2.45, 2.75) is 26.3 Å². The number of carbonyl (C=O) groups excluding carboxylic acids is 2. The molecule has 0 aliphatic carbocycles. The molecule has 2 N–H and O–H groups in total. The molecule has 0 radical (unpaired) electrons. The van der Waals surface area contributed by atoms with E-state index in [2.05, 4.69) is 5.32 Å². The first-order valence-electron chi connectivity index (χ1n) is 8.19. The lowest BCUT2D eigenvalue weighted by Crippen LogP contribution is -2.41. The molecule has 1 aliphatic heterocycles. The first-order valence-corrected chi connectivity index (χ1v) is 8.19. The average Bonchev–Trinajstić information content (AvgIpc) is 3.19. The van der Waals surface area contributed by atoms with Crippen LogP contribution >= 0.6 is 0 Å². The van der Waals surface area contributed by atoms with E-state index in [0.29, 0.717) is 17.8 Å². The van der Waals surface area contributed by atoms with Crippen LogP contribution in [0, 0.1) is 5.92 Å².